The fourth-order valence-corrected chi connectivity index (χ4v) is 1.78. The lowest BCUT2D eigenvalue weighted by Gasteiger charge is -2.21. The molecule has 70 valence electrons. The molecule has 0 aromatic heterocycles. The molecule has 0 amide bonds. The quantitative estimate of drug-likeness (QED) is 0.602. The zero-order valence-electron chi connectivity index (χ0n) is 8.16. The van der Waals surface area contributed by atoms with Crippen LogP contribution in [0.1, 0.15) is 24.1 Å². The number of nitrogens with zero attached hydrogens (tertiary/aromatic N) is 1. The minimum atomic E-state index is 0.360. The van der Waals surface area contributed by atoms with Crippen LogP contribution in [0.5, 0.6) is 0 Å². The Bertz CT molecular complexity index is 298. The maximum absolute atomic E-state index is 5.53. The van der Waals surface area contributed by atoms with E-state index < -0.39 is 0 Å². The van der Waals surface area contributed by atoms with Crippen molar-refractivity contribution in [3.8, 4) is 0 Å². The Hall–Kier alpha value is -0.860. The van der Waals surface area contributed by atoms with Crippen molar-refractivity contribution in [2.24, 2.45) is 0 Å². The first kappa shape index (κ1) is 8.73. The van der Waals surface area contributed by atoms with Crippen LogP contribution < -0.4 is 0 Å². The van der Waals surface area contributed by atoms with Crippen molar-refractivity contribution >= 4 is 0 Å². The van der Waals surface area contributed by atoms with Gasteiger partial charge in [0.05, 0.1) is 12.6 Å². The molecular weight excluding hydrogens is 162 g/mol. The summed E-state index contributed by atoms with van der Waals surface area (Å²) in [5, 5.41) is 1.94. The second-order valence-corrected chi connectivity index (χ2v) is 3.50. The van der Waals surface area contributed by atoms with Crippen LogP contribution in [0.15, 0.2) is 24.3 Å². The van der Waals surface area contributed by atoms with Crippen molar-refractivity contribution < 1.29 is 4.84 Å². The van der Waals surface area contributed by atoms with Crippen LogP contribution in [0, 0.1) is 0 Å². The Kier molecular flexibility index (Phi) is 2.34. The highest BCUT2D eigenvalue weighted by Crippen LogP contribution is 2.25. The molecule has 0 aliphatic carbocycles. The number of rotatable bonds is 0. The summed E-state index contributed by atoms with van der Waals surface area (Å²) < 4.78 is 0. The number of hydroxylamine groups is 2. The summed E-state index contributed by atoms with van der Waals surface area (Å²) in [5.41, 5.74) is 2.81. The predicted molar refractivity (Wildman–Crippen MR) is 52.3 cm³/mol. The Balaban J connectivity index is 2.40. The van der Waals surface area contributed by atoms with Crippen LogP contribution in [0.3, 0.4) is 0 Å². The van der Waals surface area contributed by atoms with Gasteiger partial charge in [-0.2, -0.15) is 5.06 Å². The average molecular weight is 177 g/mol. The largest absolute Gasteiger partial charge is 0.298 e. The SMILES string of the molecule is CC1c2ccccc2CCON1C. The van der Waals surface area contributed by atoms with Gasteiger partial charge in [-0.1, -0.05) is 24.3 Å². The number of hydrogen-bond acceptors (Lipinski definition) is 2. The van der Waals surface area contributed by atoms with Crippen molar-refractivity contribution in [2.75, 3.05) is 13.7 Å². The minimum absolute atomic E-state index is 0.360. The van der Waals surface area contributed by atoms with Crippen molar-refractivity contribution in [2.45, 2.75) is 19.4 Å². The number of hydrogen-bond donors (Lipinski definition) is 0. The molecule has 1 aromatic carbocycles. The number of fused-ring (bicyclic) bond motifs is 1. The summed E-state index contributed by atoms with van der Waals surface area (Å²) in [4.78, 5) is 5.53. The first-order valence-electron chi connectivity index (χ1n) is 4.72. The van der Waals surface area contributed by atoms with E-state index in [1.807, 2.05) is 12.1 Å². The van der Waals surface area contributed by atoms with Gasteiger partial charge in [0.2, 0.25) is 0 Å². The molecule has 2 rings (SSSR count). The third-order valence-electron chi connectivity index (χ3n) is 2.72. The monoisotopic (exact) mass is 177 g/mol. The van der Waals surface area contributed by atoms with Gasteiger partial charge in [0.15, 0.2) is 0 Å². The van der Waals surface area contributed by atoms with E-state index in [9.17, 15) is 0 Å². The first-order chi connectivity index (χ1) is 6.29. The maximum atomic E-state index is 5.53. The molecular formula is C11H15NO. The molecule has 0 N–H and O–H groups in total. The highest BCUT2D eigenvalue weighted by atomic mass is 16.7. The highest BCUT2D eigenvalue weighted by Gasteiger charge is 2.18. The van der Waals surface area contributed by atoms with Gasteiger partial charge in [-0.3, -0.25) is 4.84 Å². The fourth-order valence-electron chi connectivity index (χ4n) is 1.78. The molecule has 1 atom stereocenters. The number of benzene rings is 1. The molecule has 1 unspecified atom stereocenters. The van der Waals surface area contributed by atoms with Crippen LogP contribution >= 0.6 is 0 Å². The lowest BCUT2D eigenvalue weighted by molar-refractivity contribution is -0.160. The average Bonchev–Trinajstić information content (AvgIpc) is 2.29. The molecule has 0 saturated heterocycles. The molecule has 0 bridgehead atoms. The van der Waals surface area contributed by atoms with Crippen LogP contribution in [0.2, 0.25) is 0 Å². The smallest absolute Gasteiger partial charge is 0.0725 e. The van der Waals surface area contributed by atoms with Crippen LogP contribution in [-0.2, 0) is 11.3 Å². The van der Waals surface area contributed by atoms with Gasteiger partial charge in [0.25, 0.3) is 0 Å². The molecule has 1 aliphatic rings. The van der Waals surface area contributed by atoms with Crippen molar-refractivity contribution in [1.82, 2.24) is 5.06 Å². The van der Waals surface area contributed by atoms with Gasteiger partial charge in [0, 0.05) is 7.05 Å². The Morgan fingerprint density at radius 3 is 3.00 bits per heavy atom. The van der Waals surface area contributed by atoms with Gasteiger partial charge in [0.1, 0.15) is 0 Å². The zero-order valence-corrected chi connectivity index (χ0v) is 8.16. The van der Waals surface area contributed by atoms with E-state index in [4.69, 9.17) is 4.84 Å². The van der Waals surface area contributed by atoms with Gasteiger partial charge >= 0.3 is 0 Å². The van der Waals surface area contributed by atoms with E-state index in [1.54, 1.807) is 0 Å². The van der Waals surface area contributed by atoms with E-state index in [2.05, 4.69) is 31.2 Å². The summed E-state index contributed by atoms with van der Waals surface area (Å²) >= 11 is 0. The minimum Gasteiger partial charge on any atom is -0.298 e. The maximum Gasteiger partial charge on any atom is 0.0725 e. The molecule has 0 fully saturated rings. The lowest BCUT2D eigenvalue weighted by atomic mass is 10.00. The molecule has 0 spiro atoms. The van der Waals surface area contributed by atoms with Gasteiger partial charge in [-0.05, 0) is 24.5 Å². The van der Waals surface area contributed by atoms with E-state index in [1.165, 1.54) is 11.1 Å². The first-order valence-corrected chi connectivity index (χ1v) is 4.72. The Morgan fingerprint density at radius 2 is 2.15 bits per heavy atom. The summed E-state index contributed by atoms with van der Waals surface area (Å²) in [6.07, 6.45) is 1.02. The molecule has 1 aromatic rings. The van der Waals surface area contributed by atoms with Crippen LogP contribution in [0.25, 0.3) is 0 Å². The third-order valence-corrected chi connectivity index (χ3v) is 2.72. The van der Waals surface area contributed by atoms with Crippen LogP contribution in [-0.4, -0.2) is 18.7 Å². The molecule has 1 heterocycles. The fraction of sp³-hybridized carbons (Fsp3) is 0.455. The Morgan fingerprint density at radius 1 is 1.38 bits per heavy atom. The molecule has 2 nitrogen and oxygen atoms in total. The van der Waals surface area contributed by atoms with Gasteiger partial charge < -0.3 is 0 Å². The zero-order chi connectivity index (χ0) is 9.26. The van der Waals surface area contributed by atoms with E-state index >= 15 is 0 Å². The summed E-state index contributed by atoms with van der Waals surface area (Å²) in [5.74, 6) is 0. The van der Waals surface area contributed by atoms with E-state index in [0.717, 1.165) is 13.0 Å². The second-order valence-electron chi connectivity index (χ2n) is 3.50. The Labute approximate surface area is 79.1 Å². The highest BCUT2D eigenvalue weighted by molar-refractivity contribution is 5.30. The lowest BCUT2D eigenvalue weighted by Crippen LogP contribution is -2.21. The molecule has 13 heavy (non-hydrogen) atoms. The molecule has 0 radical (unpaired) electrons. The van der Waals surface area contributed by atoms with Gasteiger partial charge in [-0.15, -0.1) is 0 Å². The summed E-state index contributed by atoms with van der Waals surface area (Å²) in [6, 6.07) is 8.92. The van der Waals surface area contributed by atoms with E-state index in [-0.39, 0.29) is 0 Å². The standard InChI is InChI=1S/C11H15NO/c1-9-11-6-4-3-5-10(11)7-8-13-12(9)2/h3-6,9H,7-8H2,1-2H3. The van der Waals surface area contributed by atoms with Crippen LogP contribution in [0.4, 0.5) is 0 Å². The summed E-state index contributed by atoms with van der Waals surface area (Å²) in [7, 11) is 1.99. The normalized spacial score (nSPS) is 23.7. The second kappa shape index (κ2) is 3.48. The van der Waals surface area contributed by atoms with Crippen molar-refractivity contribution in [3.05, 3.63) is 35.4 Å². The van der Waals surface area contributed by atoms with Gasteiger partial charge in [-0.25, -0.2) is 0 Å². The van der Waals surface area contributed by atoms with E-state index in [0.29, 0.717) is 6.04 Å². The molecule has 1 aliphatic heterocycles. The van der Waals surface area contributed by atoms with Crippen molar-refractivity contribution in [1.29, 1.82) is 0 Å². The van der Waals surface area contributed by atoms with Crippen molar-refractivity contribution in [3.63, 3.8) is 0 Å². The third kappa shape index (κ3) is 1.60. The summed E-state index contributed by atoms with van der Waals surface area (Å²) in [6.45, 7) is 2.96. The molecule has 0 saturated carbocycles. The predicted octanol–water partition coefficient (Wildman–Crippen LogP) is 2.17. The topological polar surface area (TPSA) is 12.5 Å². The molecule has 2 heteroatoms.